The molecule has 0 fully saturated rings. The number of fused-ring (bicyclic) bond motifs is 3. The van der Waals surface area contributed by atoms with Crippen molar-refractivity contribution < 1.29 is 9.15 Å². The molecule has 3 nitrogen and oxygen atoms in total. The summed E-state index contributed by atoms with van der Waals surface area (Å²) in [6, 6.07) is 22.0. The maximum absolute atomic E-state index is 6.03. The van der Waals surface area contributed by atoms with Gasteiger partial charge in [0, 0.05) is 10.8 Å². The Morgan fingerprint density at radius 2 is 1.50 bits per heavy atom. The van der Waals surface area contributed by atoms with Crippen LogP contribution in [0.5, 0.6) is 5.75 Å². The molecule has 0 amide bonds. The van der Waals surface area contributed by atoms with Gasteiger partial charge < -0.3 is 14.5 Å². The van der Waals surface area contributed by atoms with Gasteiger partial charge in [0.2, 0.25) is 0 Å². The Morgan fingerprint density at radius 1 is 0.773 bits per heavy atom. The maximum atomic E-state index is 6.03. The summed E-state index contributed by atoms with van der Waals surface area (Å²) >= 11 is 0. The zero-order valence-electron chi connectivity index (χ0n) is 12.2. The molecule has 0 saturated heterocycles. The number of anilines is 2. The van der Waals surface area contributed by atoms with E-state index >= 15 is 0 Å². The summed E-state index contributed by atoms with van der Waals surface area (Å²) in [6.07, 6.45) is 0. The number of ether oxygens (including phenoxy) is 1. The predicted octanol–water partition coefficient (Wildman–Crippen LogP) is 5.34. The molecule has 1 aromatic heterocycles. The fourth-order valence-electron chi connectivity index (χ4n) is 2.74. The van der Waals surface area contributed by atoms with Gasteiger partial charge in [-0.1, -0.05) is 42.5 Å². The average molecular weight is 289 g/mol. The van der Waals surface area contributed by atoms with E-state index in [2.05, 4.69) is 17.4 Å². The number of furan rings is 1. The number of rotatable bonds is 3. The highest BCUT2D eigenvalue weighted by atomic mass is 16.5. The van der Waals surface area contributed by atoms with Crippen molar-refractivity contribution in [1.29, 1.82) is 0 Å². The van der Waals surface area contributed by atoms with Gasteiger partial charge in [0.25, 0.3) is 0 Å². The van der Waals surface area contributed by atoms with Crippen molar-refractivity contribution >= 4 is 33.3 Å². The third-order valence-corrected chi connectivity index (χ3v) is 3.78. The Kier molecular flexibility index (Phi) is 2.97. The molecule has 1 N–H and O–H groups in total. The van der Waals surface area contributed by atoms with Crippen molar-refractivity contribution in [2.24, 2.45) is 0 Å². The zero-order valence-corrected chi connectivity index (χ0v) is 12.2. The Hall–Kier alpha value is -2.94. The van der Waals surface area contributed by atoms with Crippen LogP contribution in [0.2, 0.25) is 0 Å². The standard InChI is InChI=1S/C19H15NO2/c1-21-18-12-5-3-9-15(18)20-16-10-6-8-14-13-7-2-4-11-17(13)22-19(14)16/h2-12,20H,1H3. The molecule has 0 aliphatic rings. The van der Waals surface area contributed by atoms with Crippen molar-refractivity contribution in [2.75, 3.05) is 12.4 Å². The van der Waals surface area contributed by atoms with Crippen LogP contribution in [0.1, 0.15) is 0 Å². The van der Waals surface area contributed by atoms with Gasteiger partial charge in [0.05, 0.1) is 18.5 Å². The highest BCUT2D eigenvalue weighted by Crippen LogP contribution is 2.36. The highest BCUT2D eigenvalue weighted by Gasteiger charge is 2.11. The van der Waals surface area contributed by atoms with Crippen molar-refractivity contribution in [3.63, 3.8) is 0 Å². The lowest BCUT2D eigenvalue weighted by atomic mass is 10.1. The Morgan fingerprint density at radius 3 is 2.41 bits per heavy atom. The largest absolute Gasteiger partial charge is 0.495 e. The minimum atomic E-state index is 0.801. The lowest BCUT2D eigenvalue weighted by Gasteiger charge is -2.11. The molecule has 108 valence electrons. The summed E-state index contributed by atoms with van der Waals surface area (Å²) in [6.45, 7) is 0. The number of hydrogen-bond acceptors (Lipinski definition) is 3. The molecule has 0 unspecified atom stereocenters. The normalized spacial score (nSPS) is 11.0. The van der Waals surface area contributed by atoms with Crippen molar-refractivity contribution in [2.45, 2.75) is 0 Å². The number of methoxy groups -OCH3 is 1. The minimum Gasteiger partial charge on any atom is -0.495 e. The van der Waals surface area contributed by atoms with Crippen molar-refractivity contribution in [3.05, 3.63) is 66.7 Å². The van der Waals surface area contributed by atoms with Gasteiger partial charge in [-0.25, -0.2) is 0 Å². The van der Waals surface area contributed by atoms with E-state index in [0.29, 0.717) is 0 Å². The molecular weight excluding hydrogens is 274 g/mol. The fraction of sp³-hybridized carbons (Fsp3) is 0.0526. The lowest BCUT2D eigenvalue weighted by molar-refractivity contribution is 0.417. The van der Waals surface area contributed by atoms with Gasteiger partial charge in [0.15, 0.2) is 5.58 Å². The molecule has 4 rings (SSSR count). The molecule has 0 aliphatic carbocycles. The molecule has 1 heterocycles. The number of para-hydroxylation sites is 4. The molecular formula is C19H15NO2. The van der Waals surface area contributed by atoms with E-state index in [1.54, 1.807) is 7.11 Å². The molecule has 0 radical (unpaired) electrons. The maximum Gasteiger partial charge on any atom is 0.158 e. The van der Waals surface area contributed by atoms with Gasteiger partial charge in [-0.3, -0.25) is 0 Å². The molecule has 3 aromatic carbocycles. The summed E-state index contributed by atoms with van der Waals surface area (Å²) < 4.78 is 11.4. The number of benzene rings is 3. The van der Waals surface area contributed by atoms with Crippen LogP contribution in [0.25, 0.3) is 21.9 Å². The Bertz CT molecular complexity index is 956. The third kappa shape index (κ3) is 1.99. The summed E-state index contributed by atoms with van der Waals surface area (Å²) in [7, 11) is 1.67. The Labute approximate surface area is 128 Å². The summed E-state index contributed by atoms with van der Waals surface area (Å²) in [5.74, 6) is 0.801. The smallest absolute Gasteiger partial charge is 0.158 e. The van der Waals surface area contributed by atoms with E-state index < -0.39 is 0 Å². The van der Waals surface area contributed by atoms with Crippen LogP contribution in [0.15, 0.2) is 71.1 Å². The minimum absolute atomic E-state index is 0.801. The van der Waals surface area contributed by atoms with Crippen LogP contribution in [-0.4, -0.2) is 7.11 Å². The average Bonchev–Trinajstić information content (AvgIpc) is 2.95. The van der Waals surface area contributed by atoms with Crippen LogP contribution in [-0.2, 0) is 0 Å². The highest BCUT2D eigenvalue weighted by molar-refractivity contribution is 6.09. The van der Waals surface area contributed by atoms with Crippen LogP contribution >= 0.6 is 0 Å². The second kappa shape index (κ2) is 5.11. The summed E-state index contributed by atoms with van der Waals surface area (Å²) in [4.78, 5) is 0. The first kappa shape index (κ1) is 12.8. The quantitative estimate of drug-likeness (QED) is 0.553. The second-order valence-corrected chi connectivity index (χ2v) is 5.11. The molecule has 0 spiro atoms. The van der Waals surface area contributed by atoms with E-state index in [9.17, 15) is 0 Å². The van der Waals surface area contributed by atoms with Crippen molar-refractivity contribution in [3.8, 4) is 5.75 Å². The van der Waals surface area contributed by atoms with Gasteiger partial charge in [-0.15, -0.1) is 0 Å². The van der Waals surface area contributed by atoms with E-state index in [-0.39, 0.29) is 0 Å². The zero-order chi connectivity index (χ0) is 14.9. The third-order valence-electron chi connectivity index (χ3n) is 3.78. The molecule has 3 heteroatoms. The lowest BCUT2D eigenvalue weighted by Crippen LogP contribution is -1.94. The monoisotopic (exact) mass is 289 g/mol. The van der Waals surface area contributed by atoms with Gasteiger partial charge >= 0.3 is 0 Å². The first-order valence-electron chi connectivity index (χ1n) is 7.17. The fourth-order valence-corrected chi connectivity index (χ4v) is 2.74. The SMILES string of the molecule is COc1ccccc1Nc1cccc2c1oc1ccccc12. The van der Waals surface area contributed by atoms with E-state index in [1.165, 1.54) is 0 Å². The van der Waals surface area contributed by atoms with Gasteiger partial charge in [0.1, 0.15) is 11.3 Å². The van der Waals surface area contributed by atoms with Crippen LogP contribution in [0.3, 0.4) is 0 Å². The van der Waals surface area contributed by atoms with E-state index in [4.69, 9.17) is 9.15 Å². The first-order valence-corrected chi connectivity index (χ1v) is 7.17. The number of hydrogen-bond donors (Lipinski definition) is 1. The second-order valence-electron chi connectivity index (χ2n) is 5.11. The summed E-state index contributed by atoms with van der Waals surface area (Å²) in [5.41, 5.74) is 3.59. The van der Waals surface area contributed by atoms with Crippen LogP contribution in [0, 0.1) is 0 Å². The topological polar surface area (TPSA) is 34.4 Å². The Balaban J connectivity index is 1.88. The molecule has 4 aromatic rings. The molecule has 0 saturated carbocycles. The number of nitrogens with one attached hydrogen (secondary N) is 1. The van der Waals surface area contributed by atoms with Crippen LogP contribution in [0.4, 0.5) is 11.4 Å². The van der Waals surface area contributed by atoms with E-state index in [1.807, 2.05) is 54.6 Å². The molecule has 22 heavy (non-hydrogen) atoms. The first-order chi connectivity index (χ1) is 10.9. The van der Waals surface area contributed by atoms with Crippen LogP contribution < -0.4 is 10.1 Å². The van der Waals surface area contributed by atoms with Gasteiger partial charge in [-0.05, 0) is 24.3 Å². The molecule has 0 aliphatic heterocycles. The molecule has 0 bridgehead atoms. The van der Waals surface area contributed by atoms with E-state index in [0.717, 1.165) is 39.1 Å². The predicted molar refractivity (Wildman–Crippen MR) is 90.0 cm³/mol. The summed E-state index contributed by atoms with van der Waals surface area (Å²) in [5, 5.41) is 5.64. The molecule has 0 atom stereocenters. The van der Waals surface area contributed by atoms with Gasteiger partial charge in [-0.2, -0.15) is 0 Å². The van der Waals surface area contributed by atoms with Crippen molar-refractivity contribution in [1.82, 2.24) is 0 Å².